The van der Waals surface area contributed by atoms with Gasteiger partial charge < -0.3 is 0 Å². The van der Waals surface area contributed by atoms with Crippen LogP contribution < -0.4 is 0 Å². The third kappa shape index (κ3) is 3.90. The summed E-state index contributed by atoms with van der Waals surface area (Å²) in [4.78, 5) is 13.7. The Morgan fingerprint density at radius 2 is 2.32 bits per heavy atom. The van der Waals surface area contributed by atoms with Crippen molar-refractivity contribution in [2.24, 2.45) is 0 Å². The highest BCUT2D eigenvalue weighted by atomic mass is 16.1. The Balaban J connectivity index is 2.06. The van der Waals surface area contributed by atoms with E-state index in [0.29, 0.717) is 18.0 Å². The lowest BCUT2D eigenvalue weighted by molar-refractivity contribution is -0.118. The molecule has 0 N–H and O–H groups in total. The van der Waals surface area contributed by atoms with Crippen molar-refractivity contribution in [1.82, 2.24) is 4.90 Å². The number of benzene rings is 1. The van der Waals surface area contributed by atoms with Gasteiger partial charge in [0.1, 0.15) is 5.78 Å². The summed E-state index contributed by atoms with van der Waals surface area (Å²) in [5, 5.41) is 8.93. The van der Waals surface area contributed by atoms with Crippen LogP contribution in [0.5, 0.6) is 0 Å². The molecule has 1 unspecified atom stereocenters. The van der Waals surface area contributed by atoms with Crippen molar-refractivity contribution in [2.75, 3.05) is 6.54 Å². The zero-order chi connectivity index (χ0) is 13.7. The largest absolute Gasteiger partial charge is 0.300 e. The zero-order valence-corrected chi connectivity index (χ0v) is 11.4. The van der Waals surface area contributed by atoms with Gasteiger partial charge in [-0.25, -0.2) is 0 Å². The molecule has 0 saturated carbocycles. The second-order valence-corrected chi connectivity index (χ2v) is 5.34. The average Bonchev–Trinajstić information content (AvgIpc) is 2.41. The summed E-state index contributed by atoms with van der Waals surface area (Å²) in [6, 6.07) is 10.3. The molecule has 1 saturated heterocycles. The number of nitrogens with zero attached hydrogens (tertiary/aromatic N) is 2. The molecular weight excluding hydrogens is 236 g/mol. The van der Waals surface area contributed by atoms with Crippen LogP contribution >= 0.6 is 0 Å². The monoisotopic (exact) mass is 256 g/mol. The van der Waals surface area contributed by atoms with Gasteiger partial charge in [-0.3, -0.25) is 9.69 Å². The molecule has 100 valence electrons. The molecule has 0 bridgehead atoms. The van der Waals surface area contributed by atoms with E-state index in [4.69, 9.17) is 5.26 Å². The molecule has 1 aromatic carbocycles. The van der Waals surface area contributed by atoms with Crippen molar-refractivity contribution in [1.29, 1.82) is 5.26 Å². The molecule has 1 aliphatic heterocycles. The molecule has 0 aromatic heterocycles. The summed E-state index contributed by atoms with van der Waals surface area (Å²) in [5.41, 5.74) is 1.87. The lowest BCUT2D eigenvalue weighted by Gasteiger charge is -2.35. The van der Waals surface area contributed by atoms with E-state index in [1.165, 1.54) is 12.8 Å². The second-order valence-electron chi connectivity index (χ2n) is 5.34. The lowest BCUT2D eigenvalue weighted by atomic mass is 9.97. The van der Waals surface area contributed by atoms with Crippen LogP contribution in [0.3, 0.4) is 0 Å². The summed E-state index contributed by atoms with van der Waals surface area (Å²) in [5.74, 6) is 0.266. The fraction of sp³-hybridized carbons (Fsp3) is 0.500. The van der Waals surface area contributed by atoms with Crippen molar-refractivity contribution in [3.05, 3.63) is 35.4 Å². The molecule has 0 spiro atoms. The fourth-order valence-electron chi connectivity index (χ4n) is 2.80. The lowest BCUT2D eigenvalue weighted by Crippen LogP contribution is -2.39. The third-order valence-corrected chi connectivity index (χ3v) is 3.71. The third-order valence-electron chi connectivity index (χ3n) is 3.71. The quantitative estimate of drug-likeness (QED) is 0.832. The van der Waals surface area contributed by atoms with E-state index < -0.39 is 0 Å². The smallest absolute Gasteiger partial charge is 0.131 e. The maximum absolute atomic E-state index is 11.3. The standard InChI is InChI=1S/C16H20N2O/c1-13(19)9-16-7-2-3-8-18(16)12-15-6-4-5-14(10-15)11-17/h4-6,10,16H,2-3,7-9,12H2,1H3. The van der Waals surface area contributed by atoms with Gasteiger partial charge in [0.25, 0.3) is 0 Å². The molecule has 3 nitrogen and oxygen atoms in total. The molecule has 3 heteroatoms. The first-order valence-electron chi connectivity index (χ1n) is 6.91. The molecule has 1 heterocycles. The van der Waals surface area contributed by atoms with E-state index in [9.17, 15) is 4.79 Å². The minimum Gasteiger partial charge on any atom is -0.300 e. The van der Waals surface area contributed by atoms with E-state index >= 15 is 0 Å². The molecule has 2 rings (SSSR count). The Morgan fingerprint density at radius 1 is 1.47 bits per heavy atom. The molecule has 1 aromatic rings. The van der Waals surface area contributed by atoms with Crippen LogP contribution in [0.2, 0.25) is 0 Å². The van der Waals surface area contributed by atoms with Gasteiger partial charge in [0, 0.05) is 19.0 Å². The predicted octanol–water partition coefficient (Wildman–Crippen LogP) is 2.89. The highest BCUT2D eigenvalue weighted by Crippen LogP contribution is 2.22. The highest BCUT2D eigenvalue weighted by Gasteiger charge is 2.23. The van der Waals surface area contributed by atoms with Gasteiger partial charge in [-0.15, -0.1) is 0 Å². The number of hydrogen-bond donors (Lipinski definition) is 0. The predicted molar refractivity (Wildman–Crippen MR) is 74.5 cm³/mol. The first kappa shape index (κ1) is 13.8. The number of Topliss-reactive ketones (excluding diaryl/α,β-unsaturated/α-hetero) is 1. The van der Waals surface area contributed by atoms with Crippen LogP contribution in [0, 0.1) is 11.3 Å². The van der Waals surface area contributed by atoms with Gasteiger partial charge in [-0.2, -0.15) is 5.26 Å². The number of carbonyl (C=O) groups is 1. The molecule has 0 aliphatic carbocycles. The number of hydrogen-bond acceptors (Lipinski definition) is 3. The zero-order valence-electron chi connectivity index (χ0n) is 11.4. The van der Waals surface area contributed by atoms with Crippen molar-refractivity contribution in [2.45, 2.75) is 45.2 Å². The number of nitriles is 1. The Kier molecular flexibility index (Phi) is 4.70. The summed E-state index contributed by atoms with van der Waals surface area (Å²) in [6.45, 7) is 3.56. The van der Waals surface area contributed by atoms with Crippen LogP contribution in [0.25, 0.3) is 0 Å². The van der Waals surface area contributed by atoms with Crippen LogP contribution in [-0.4, -0.2) is 23.3 Å². The average molecular weight is 256 g/mol. The van der Waals surface area contributed by atoms with Crippen molar-refractivity contribution < 1.29 is 4.79 Å². The highest BCUT2D eigenvalue weighted by molar-refractivity contribution is 5.76. The van der Waals surface area contributed by atoms with Crippen LogP contribution in [-0.2, 0) is 11.3 Å². The van der Waals surface area contributed by atoms with Crippen LogP contribution in [0.4, 0.5) is 0 Å². The molecule has 0 radical (unpaired) electrons. The van der Waals surface area contributed by atoms with E-state index in [2.05, 4.69) is 17.0 Å². The molecule has 0 amide bonds. The van der Waals surface area contributed by atoms with Crippen molar-refractivity contribution in [3.63, 3.8) is 0 Å². The molecule has 19 heavy (non-hydrogen) atoms. The molecular formula is C16H20N2O. The molecule has 1 fully saturated rings. The SMILES string of the molecule is CC(=O)CC1CCCCN1Cc1cccc(C#N)c1. The normalized spacial score (nSPS) is 19.9. The molecule has 1 atom stereocenters. The number of ketones is 1. The van der Waals surface area contributed by atoms with Gasteiger partial charge in [0.2, 0.25) is 0 Å². The van der Waals surface area contributed by atoms with Crippen molar-refractivity contribution in [3.8, 4) is 6.07 Å². The minimum absolute atomic E-state index is 0.266. The Morgan fingerprint density at radius 3 is 3.05 bits per heavy atom. The van der Waals surface area contributed by atoms with Gasteiger partial charge >= 0.3 is 0 Å². The number of likely N-dealkylation sites (tertiary alicyclic amines) is 1. The summed E-state index contributed by atoms with van der Waals surface area (Å²) >= 11 is 0. The Labute approximate surface area is 114 Å². The van der Waals surface area contributed by atoms with E-state index in [-0.39, 0.29) is 5.78 Å². The van der Waals surface area contributed by atoms with E-state index in [1.807, 2.05) is 18.2 Å². The van der Waals surface area contributed by atoms with E-state index in [1.54, 1.807) is 6.92 Å². The Bertz CT molecular complexity index is 490. The maximum atomic E-state index is 11.3. The first-order chi connectivity index (χ1) is 9.19. The van der Waals surface area contributed by atoms with Gasteiger partial charge in [0.05, 0.1) is 11.6 Å². The van der Waals surface area contributed by atoms with Gasteiger partial charge in [0.15, 0.2) is 0 Å². The van der Waals surface area contributed by atoms with Crippen molar-refractivity contribution >= 4 is 5.78 Å². The van der Waals surface area contributed by atoms with Gasteiger partial charge in [-0.1, -0.05) is 18.6 Å². The Hall–Kier alpha value is -1.66. The topological polar surface area (TPSA) is 44.1 Å². The number of rotatable bonds is 4. The number of piperidine rings is 1. The number of carbonyl (C=O) groups excluding carboxylic acids is 1. The summed E-state index contributed by atoms with van der Waals surface area (Å²) in [7, 11) is 0. The summed E-state index contributed by atoms with van der Waals surface area (Å²) < 4.78 is 0. The van der Waals surface area contributed by atoms with Crippen LogP contribution in [0.15, 0.2) is 24.3 Å². The minimum atomic E-state index is 0.266. The van der Waals surface area contributed by atoms with Gasteiger partial charge in [-0.05, 0) is 44.0 Å². The first-order valence-corrected chi connectivity index (χ1v) is 6.91. The summed E-state index contributed by atoms with van der Waals surface area (Å²) in [6.07, 6.45) is 4.18. The van der Waals surface area contributed by atoms with Crippen LogP contribution in [0.1, 0.15) is 43.7 Å². The van der Waals surface area contributed by atoms with E-state index in [0.717, 1.165) is 25.1 Å². The second kappa shape index (κ2) is 6.49. The molecule has 1 aliphatic rings. The fourth-order valence-corrected chi connectivity index (χ4v) is 2.80. The maximum Gasteiger partial charge on any atom is 0.131 e.